The van der Waals surface area contributed by atoms with Crippen LogP contribution >= 0.6 is 0 Å². The number of rotatable bonds is 5. The van der Waals surface area contributed by atoms with Crippen LogP contribution in [0.15, 0.2) is 60.8 Å². The molecule has 29 heavy (non-hydrogen) atoms. The molecule has 1 amide bonds. The van der Waals surface area contributed by atoms with Crippen LogP contribution in [-0.4, -0.2) is 28.9 Å². The van der Waals surface area contributed by atoms with E-state index in [1.54, 1.807) is 12.1 Å². The lowest BCUT2D eigenvalue weighted by Crippen LogP contribution is -2.18. The van der Waals surface area contributed by atoms with Crippen molar-refractivity contribution in [1.82, 2.24) is 9.88 Å². The summed E-state index contributed by atoms with van der Waals surface area (Å²) in [6, 6.07) is 17.0. The van der Waals surface area contributed by atoms with Gasteiger partial charge in [0, 0.05) is 23.9 Å². The summed E-state index contributed by atoms with van der Waals surface area (Å²) in [5, 5.41) is 2.85. The number of benzene rings is 2. The minimum Gasteiger partial charge on any atom is -0.397 e. The molecule has 3 aromatic rings. The van der Waals surface area contributed by atoms with E-state index in [2.05, 4.69) is 23.2 Å². The van der Waals surface area contributed by atoms with Gasteiger partial charge in [-0.05, 0) is 68.2 Å². The Morgan fingerprint density at radius 2 is 1.83 bits per heavy atom. The highest BCUT2D eigenvalue weighted by molar-refractivity contribution is 6.05. The maximum atomic E-state index is 12.5. The molecule has 1 fully saturated rings. The molecule has 0 unspecified atom stereocenters. The van der Waals surface area contributed by atoms with Crippen molar-refractivity contribution in [1.29, 1.82) is 0 Å². The first-order valence-corrected chi connectivity index (χ1v) is 10.0. The largest absolute Gasteiger partial charge is 0.397 e. The van der Waals surface area contributed by atoms with E-state index in [9.17, 15) is 4.79 Å². The SMILES string of the molecule is Cc1cc(CN2CCCC2)cnc1-c1ccc(C(=O)Nc2ccccc2N)cc1. The third-order valence-electron chi connectivity index (χ3n) is 5.37. The van der Waals surface area contributed by atoms with Crippen LogP contribution in [0.1, 0.15) is 34.3 Å². The Morgan fingerprint density at radius 3 is 2.52 bits per heavy atom. The fraction of sp³-hybridized carbons (Fsp3) is 0.250. The number of hydrogen-bond donors (Lipinski definition) is 2. The van der Waals surface area contributed by atoms with Crippen LogP contribution in [0, 0.1) is 6.92 Å². The first kappa shape index (κ1) is 19.2. The minimum absolute atomic E-state index is 0.180. The zero-order valence-corrected chi connectivity index (χ0v) is 16.7. The van der Waals surface area contributed by atoms with Gasteiger partial charge >= 0.3 is 0 Å². The van der Waals surface area contributed by atoms with Crippen molar-refractivity contribution in [3.8, 4) is 11.3 Å². The van der Waals surface area contributed by atoms with E-state index in [1.165, 1.54) is 31.5 Å². The third-order valence-corrected chi connectivity index (χ3v) is 5.37. The maximum Gasteiger partial charge on any atom is 0.255 e. The van der Waals surface area contributed by atoms with E-state index in [4.69, 9.17) is 10.7 Å². The smallest absolute Gasteiger partial charge is 0.255 e. The second kappa shape index (κ2) is 8.45. The quantitative estimate of drug-likeness (QED) is 0.634. The second-order valence-electron chi connectivity index (χ2n) is 7.61. The molecule has 148 valence electrons. The summed E-state index contributed by atoms with van der Waals surface area (Å²) in [5.41, 5.74) is 12.0. The number of amides is 1. The van der Waals surface area contributed by atoms with Gasteiger partial charge in [-0.3, -0.25) is 14.7 Å². The van der Waals surface area contributed by atoms with Crippen molar-refractivity contribution >= 4 is 17.3 Å². The molecule has 0 saturated carbocycles. The number of aromatic nitrogens is 1. The summed E-state index contributed by atoms with van der Waals surface area (Å²) >= 11 is 0. The lowest BCUT2D eigenvalue weighted by atomic mass is 10.0. The van der Waals surface area contributed by atoms with E-state index in [-0.39, 0.29) is 5.91 Å². The van der Waals surface area contributed by atoms with E-state index >= 15 is 0 Å². The normalized spacial score (nSPS) is 14.1. The Labute approximate surface area is 171 Å². The van der Waals surface area contributed by atoms with Crippen LogP contribution in [0.25, 0.3) is 11.3 Å². The number of hydrogen-bond acceptors (Lipinski definition) is 4. The fourth-order valence-electron chi connectivity index (χ4n) is 3.81. The summed E-state index contributed by atoms with van der Waals surface area (Å²) in [7, 11) is 0. The molecular weight excluding hydrogens is 360 g/mol. The lowest BCUT2D eigenvalue weighted by molar-refractivity contribution is 0.102. The summed E-state index contributed by atoms with van der Waals surface area (Å²) in [4.78, 5) is 19.7. The number of pyridine rings is 1. The van der Waals surface area contributed by atoms with E-state index in [0.717, 1.165) is 23.4 Å². The first-order chi connectivity index (χ1) is 14.1. The van der Waals surface area contributed by atoms with Gasteiger partial charge in [-0.25, -0.2) is 0 Å². The molecule has 2 heterocycles. The third kappa shape index (κ3) is 4.46. The standard InChI is InChI=1S/C24H26N4O/c1-17-14-18(16-28-12-4-5-13-28)15-26-23(17)19-8-10-20(11-9-19)24(29)27-22-7-3-2-6-21(22)25/h2-3,6-11,14-15H,4-5,12-13,16,25H2,1H3,(H,27,29). The molecule has 0 spiro atoms. The molecule has 1 aromatic heterocycles. The topological polar surface area (TPSA) is 71.2 Å². The monoisotopic (exact) mass is 386 g/mol. The zero-order valence-electron chi connectivity index (χ0n) is 16.7. The van der Waals surface area contributed by atoms with Gasteiger partial charge in [0.2, 0.25) is 0 Å². The Balaban J connectivity index is 1.47. The van der Waals surface area contributed by atoms with Crippen molar-refractivity contribution in [3.05, 3.63) is 77.5 Å². The van der Waals surface area contributed by atoms with E-state index < -0.39 is 0 Å². The summed E-state index contributed by atoms with van der Waals surface area (Å²) in [6.07, 6.45) is 4.56. The molecule has 5 heteroatoms. The number of likely N-dealkylation sites (tertiary alicyclic amines) is 1. The molecule has 4 rings (SSSR count). The minimum atomic E-state index is -0.180. The molecular formula is C24H26N4O. The number of nitrogens with one attached hydrogen (secondary N) is 1. The number of nitrogens with zero attached hydrogens (tertiary/aromatic N) is 2. The summed E-state index contributed by atoms with van der Waals surface area (Å²) in [6.45, 7) is 5.42. The van der Waals surface area contributed by atoms with Crippen molar-refractivity contribution in [2.24, 2.45) is 0 Å². The second-order valence-corrected chi connectivity index (χ2v) is 7.61. The molecule has 0 bridgehead atoms. The van der Waals surface area contributed by atoms with E-state index in [0.29, 0.717) is 16.9 Å². The number of anilines is 2. The molecule has 0 radical (unpaired) electrons. The van der Waals surface area contributed by atoms with Gasteiger partial charge in [-0.2, -0.15) is 0 Å². The number of para-hydroxylation sites is 2. The van der Waals surface area contributed by atoms with Gasteiger partial charge in [-0.1, -0.05) is 30.3 Å². The van der Waals surface area contributed by atoms with E-state index in [1.807, 2.05) is 42.6 Å². The molecule has 1 aliphatic rings. The number of carbonyl (C=O) groups is 1. The fourth-order valence-corrected chi connectivity index (χ4v) is 3.81. The summed E-state index contributed by atoms with van der Waals surface area (Å²) in [5.74, 6) is -0.180. The molecule has 2 aromatic carbocycles. The van der Waals surface area contributed by atoms with Crippen LogP contribution in [0.4, 0.5) is 11.4 Å². The van der Waals surface area contributed by atoms with Gasteiger partial charge in [0.1, 0.15) is 0 Å². The predicted octanol–water partition coefficient (Wildman–Crippen LogP) is 4.49. The van der Waals surface area contributed by atoms with Crippen LogP contribution in [0.2, 0.25) is 0 Å². The highest BCUT2D eigenvalue weighted by atomic mass is 16.1. The maximum absolute atomic E-state index is 12.5. The number of nitrogens with two attached hydrogens (primary N) is 1. The molecule has 5 nitrogen and oxygen atoms in total. The lowest BCUT2D eigenvalue weighted by Gasteiger charge is -2.15. The van der Waals surface area contributed by atoms with Crippen LogP contribution in [-0.2, 0) is 6.54 Å². The number of nitrogen functional groups attached to an aromatic ring is 1. The first-order valence-electron chi connectivity index (χ1n) is 10.0. The highest BCUT2D eigenvalue weighted by Gasteiger charge is 2.13. The van der Waals surface area contributed by atoms with Gasteiger partial charge < -0.3 is 11.1 Å². The Kier molecular flexibility index (Phi) is 5.58. The van der Waals surface area contributed by atoms with Crippen molar-refractivity contribution in [3.63, 3.8) is 0 Å². The van der Waals surface area contributed by atoms with Crippen LogP contribution < -0.4 is 11.1 Å². The van der Waals surface area contributed by atoms with Gasteiger partial charge in [0.05, 0.1) is 17.1 Å². The van der Waals surface area contributed by atoms with Crippen molar-refractivity contribution in [2.45, 2.75) is 26.3 Å². The highest BCUT2D eigenvalue weighted by Crippen LogP contribution is 2.24. The molecule has 3 N–H and O–H groups in total. The average molecular weight is 386 g/mol. The van der Waals surface area contributed by atoms with Crippen molar-refractivity contribution in [2.75, 3.05) is 24.1 Å². The molecule has 0 atom stereocenters. The molecule has 1 saturated heterocycles. The van der Waals surface area contributed by atoms with Crippen LogP contribution in [0.5, 0.6) is 0 Å². The average Bonchev–Trinajstić information content (AvgIpc) is 3.23. The van der Waals surface area contributed by atoms with Crippen molar-refractivity contribution < 1.29 is 4.79 Å². The number of aryl methyl sites for hydroxylation is 1. The van der Waals surface area contributed by atoms with Gasteiger partial charge in [0.15, 0.2) is 0 Å². The van der Waals surface area contributed by atoms with Crippen LogP contribution in [0.3, 0.4) is 0 Å². The molecule has 1 aliphatic heterocycles. The Hall–Kier alpha value is -3.18. The number of carbonyl (C=O) groups excluding carboxylic acids is 1. The Bertz CT molecular complexity index is 1010. The Morgan fingerprint density at radius 1 is 1.10 bits per heavy atom. The molecule has 0 aliphatic carbocycles. The zero-order chi connectivity index (χ0) is 20.2. The van der Waals surface area contributed by atoms with Gasteiger partial charge in [-0.15, -0.1) is 0 Å². The van der Waals surface area contributed by atoms with Gasteiger partial charge in [0.25, 0.3) is 5.91 Å². The summed E-state index contributed by atoms with van der Waals surface area (Å²) < 4.78 is 0. The predicted molar refractivity (Wildman–Crippen MR) is 118 cm³/mol.